The van der Waals surface area contributed by atoms with Crippen LogP contribution in [0.15, 0.2) is 18.2 Å². The minimum Gasteiger partial charge on any atom is -0.335 e. The number of benzene rings is 1. The number of halogens is 1. The molecule has 7 heteroatoms. The number of piperidine rings is 1. The molecule has 3 aliphatic heterocycles. The van der Waals surface area contributed by atoms with Crippen molar-refractivity contribution in [1.29, 1.82) is 0 Å². The minimum atomic E-state index is -0.649. The monoisotopic (exact) mass is 373 g/mol. The SMILES string of the molecule is Cc1cc(C2C[C@H]3CC[C@@H](C2)N3C(=O)C2CCC(=O)NC(=O)N2)ccc1F. The van der Waals surface area contributed by atoms with Crippen LogP contribution in [0.4, 0.5) is 9.18 Å². The van der Waals surface area contributed by atoms with Gasteiger partial charge in [0.2, 0.25) is 11.8 Å². The maximum absolute atomic E-state index is 13.6. The summed E-state index contributed by atoms with van der Waals surface area (Å²) in [6, 6.07) is 4.32. The first-order valence-electron chi connectivity index (χ1n) is 9.61. The number of urea groups is 1. The van der Waals surface area contributed by atoms with Crippen LogP contribution in [-0.2, 0) is 9.59 Å². The summed E-state index contributed by atoms with van der Waals surface area (Å²) < 4.78 is 13.6. The lowest BCUT2D eigenvalue weighted by Crippen LogP contribution is -2.55. The molecule has 1 aromatic carbocycles. The zero-order valence-corrected chi connectivity index (χ0v) is 15.3. The maximum atomic E-state index is 13.6. The van der Waals surface area contributed by atoms with E-state index in [9.17, 15) is 18.8 Å². The van der Waals surface area contributed by atoms with Crippen LogP contribution in [0.5, 0.6) is 0 Å². The highest BCUT2D eigenvalue weighted by Gasteiger charge is 2.45. The van der Waals surface area contributed by atoms with Crippen LogP contribution in [-0.4, -0.2) is 40.9 Å². The molecule has 6 nitrogen and oxygen atoms in total. The van der Waals surface area contributed by atoms with Crippen molar-refractivity contribution in [2.24, 2.45) is 0 Å². The van der Waals surface area contributed by atoms with E-state index in [2.05, 4.69) is 10.6 Å². The summed E-state index contributed by atoms with van der Waals surface area (Å²) in [6.45, 7) is 1.77. The Kier molecular flexibility index (Phi) is 4.61. The van der Waals surface area contributed by atoms with Crippen LogP contribution in [0, 0.1) is 12.7 Å². The number of hydrogen-bond donors (Lipinski definition) is 2. The number of nitrogens with zero attached hydrogens (tertiary/aromatic N) is 1. The maximum Gasteiger partial charge on any atom is 0.322 e. The summed E-state index contributed by atoms with van der Waals surface area (Å²) >= 11 is 0. The van der Waals surface area contributed by atoms with Crippen LogP contribution in [0.2, 0.25) is 0 Å². The Bertz CT molecular complexity index is 783. The van der Waals surface area contributed by atoms with Crippen molar-refractivity contribution < 1.29 is 18.8 Å². The van der Waals surface area contributed by atoms with Crippen molar-refractivity contribution >= 4 is 17.8 Å². The van der Waals surface area contributed by atoms with Gasteiger partial charge < -0.3 is 10.2 Å². The van der Waals surface area contributed by atoms with Gasteiger partial charge in [-0.1, -0.05) is 12.1 Å². The van der Waals surface area contributed by atoms with E-state index in [1.807, 2.05) is 17.0 Å². The second kappa shape index (κ2) is 6.94. The van der Waals surface area contributed by atoms with Crippen LogP contribution in [0.3, 0.4) is 0 Å². The molecule has 2 unspecified atom stereocenters. The second-order valence-electron chi connectivity index (χ2n) is 7.92. The Hall–Kier alpha value is -2.44. The first-order valence-corrected chi connectivity index (χ1v) is 9.61. The number of aryl methyl sites for hydroxylation is 1. The molecule has 0 aliphatic carbocycles. The molecule has 0 aromatic heterocycles. The molecule has 2 bridgehead atoms. The standard InChI is InChI=1S/C20H24FN3O3/c1-11-8-12(2-5-16(11)21)13-9-14-3-4-15(10-13)24(14)19(26)17-6-7-18(25)23-20(27)22-17/h2,5,8,13-15,17H,3-4,6-7,9-10H2,1H3,(H2,22,23,25,27)/t13?,14-,15+,17?. The number of imide groups is 1. The fourth-order valence-corrected chi connectivity index (χ4v) is 4.83. The topological polar surface area (TPSA) is 78.5 Å². The van der Waals surface area contributed by atoms with Crippen LogP contribution in [0.1, 0.15) is 55.6 Å². The van der Waals surface area contributed by atoms with E-state index in [-0.39, 0.29) is 36.1 Å². The first kappa shape index (κ1) is 17.9. The molecular weight excluding hydrogens is 349 g/mol. The molecule has 3 aliphatic rings. The number of carbonyl (C=O) groups excluding carboxylic acids is 3. The summed E-state index contributed by atoms with van der Waals surface area (Å²) in [5, 5.41) is 4.84. The van der Waals surface area contributed by atoms with Crippen molar-refractivity contribution in [1.82, 2.24) is 15.5 Å². The number of hydrogen-bond acceptors (Lipinski definition) is 3. The van der Waals surface area contributed by atoms with Crippen molar-refractivity contribution in [2.75, 3.05) is 0 Å². The van der Waals surface area contributed by atoms with Crippen molar-refractivity contribution in [3.8, 4) is 0 Å². The van der Waals surface area contributed by atoms with Gasteiger partial charge >= 0.3 is 6.03 Å². The molecule has 0 spiro atoms. The molecular formula is C20H24FN3O3. The predicted molar refractivity (Wildman–Crippen MR) is 96.5 cm³/mol. The third-order valence-electron chi connectivity index (χ3n) is 6.16. The molecule has 4 rings (SSSR count). The molecule has 144 valence electrons. The average Bonchev–Trinajstić information content (AvgIpc) is 2.79. The van der Waals surface area contributed by atoms with Crippen molar-refractivity contribution in [3.63, 3.8) is 0 Å². The number of amides is 4. The van der Waals surface area contributed by atoms with Crippen molar-refractivity contribution in [3.05, 3.63) is 35.1 Å². The van der Waals surface area contributed by atoms with Gasteiger partial charge in [0.05, 0.1) is 0 Å². The third kappa shape index (κ3) is 3.42. The van der Waals surface area contributed by atoms with Gasteiger partial charge in [0, 0.05) is 18.5 Å². The summed E-state index contributed by atoms with van der Waals surface area (Å²) in [7, 11) is 0. The van der Waals surface area contributed by atoms with Gasteiger partial charge in [-0.05, 0) is 62.1 Å². The summed E-state index contributed by atoms with van der Waals surface area (Å²) in [5.41, 5.74) is 1.78. The third-order valence-corrected chi connectivity index (χ3v) is 6.16. The van der Waals surface area contributed by atoms with Crippen molar-refractivity contribution in [2.45, 2.75) is 69.5 Å². The van der Waals surface area contributed by atoms with E-state index < -0.39 is 12.1 Å². The molecule has 0 radical (unpaired) electrons. The first-order chi connectivity index (χ1) is 12.9. The largest absolute Gasteiger partial charge is 0.335 e. The number of rotatable bonds is 2. The summed E-state index contributed by atoms with van der Waals surface area (Å²) in [6.07, 6.45) is 4.09. The molecule has 2 N–H and O–H groups in total. The van der Waals surface area contributed by atoms with E-state index in [0.29, 0.717) is 17.9 Å². The molecule has 0 saturated carbocycles. The number of carbonyl (C=O) groups is 3. The lowest BCUT2D eigenvalue weighted by Gasteiger charge is -2.40. The van der Waals surface area contributed by atoms with E-state index in [1.54, 1.807) is 6.92 Å². The molecule has 3 heterocycles. The molecule has 27 heavy (non-hydrogen) atoms. The lowest BCUT2D eigenvalue weighted by atomic mass is 9.84. The van der Waals surface area contributed by atoms with E-state index in [4.69, 9.17) is 0 Å². The van der Waals surface area contributed by atoms with Gasteiger partial charge in [0.25, 0.3) is 0 Å². The fourth-order valence-electron chi connectivity index (χ4n) is 4.83. The van der Waals surface area contributed by atoms with Crippen LogP contribution in [0.25, 0.3) is 0 Å². The fraction of sp³-hybridized carbons (Fsp3) is 0.550. The van der Waals surface area contributed by atoms with Gasteiger partial charge in [-0.15, -0.1) is 0 Å². The highest BCUT2D eigenvalue weighted by molar-refractivity contribution is 5.98. The van der Waals surface area contributed by atoms with E-state index in [1.165, 1.54) is 6.07 Å². The second-order valence-corrected chi connectivity index (χ2v) is 7.92. The quantitative estimate of drug-likeness (QED) is 0.835. The number of nitrogens with one attached hydrogen (secondary N) is 2. The zero-order valence-electron chi connectivity index (χ0n) is 15.3. The Morgan fingerprint density at radius 3 is 2.52 bits per heavy atom. The Balaban J connectivity index is 1.49. The average molecular weight is 373 g/mol. The molecule has 1 aromatic rings. The van der Waals surface area contributed by atoms with E-state index in [0.717, 1.165) is 31.2 Å². The highest BCUT2D eigenvalue weighted by Crippen LogP contribution is 2.43. The van der Waals surface area contributed by atoms with Gasteiger partial charge in [-0.2, -0.15) is 0 Å². The zero-order chi connectivity index (χ0) is 19.1. The normalized spacial score (nSPS) is 30.5. The molecule has 3 saturated heterocycles. The van der Waals surface area contributed by atoms with Gasteiger partial charge in [-0.25, -0.2) is 9.18 Å². The molecule has 4 amide bonds. The summed E-state index contributed by atoms with van der Waals surface area (Å²) in [5.74, 6) is -0.309. The van der Waals surface area contributed by atoms with Gasteiger partial charge in [-0.3, -0.25) is 14.9 Å². The lowest BCUT2D eigenvalue weighted by molar-refractivity contribution is -0.138. The molecule has 4 atom stereocenters. The Morgan fingerprint density at radius 1 is 1.15 bits per heavy atom. The minimum absolute atomic E-state index is 0.0823. The number of fused-ring (bicyclic) bond motifs is 2. The van der Waals surface area contributed by atoms with Gasteiger partial charge in [0.15, 0.2) is 0 Å². The van der Waals surface area contributed by atoms with Crippen LogP contribution < -0.4 is 10.6 Å². The van der Waals surface area contributed by atoms with E-state index >= 15 is 0 Å². The summed E-state index contributed by atoms with van der Waals surface area (Å²) in [4.78, 5) is 38.3. The van der Waals surface area contributed by atoms with Gasteiger partial charge in [0.1, 0.15) is 11.9 Å². The Labute approximate surface area is 157 Å². The highest BCUT2D eigenvalue weighted by atomic mass is 19.1. The predicted octanol–water partition coefficient (Wildman–Crippen LogP) is 2.36. The smallest absolute Gasteiger partial charge is 0.322 e. The Morgan fingerprint density at radius 2 is 1.85 bits per heavy atom. The van der Waals surface area contributed by atoms with Crippen LogP contribution >= 0.6 is 0 Å². The molecule has 3 fully saturated rings.